The van der Waals surface area contributed by atoms with Gasteiger partial charge < -0.3 is 10.2 Å². The summed E-state index contributed by atoms with van der Waals surface area (Å²) in [6.45, 7) is 2.18. The van der Waals surface area contributed by atoms with Crippen molar-refractivity contribution < 1.29 is 9.18 Å². The van der Waals surface area contributed by atoms with E-state index < -0.39 is 0 Å². The molecular weight excluding hydrogens is 389 g/mol. The molecule has 1 saturated heterocycles. The van der Waals surface area contributed by atoms with Crippen molar-refractivity contribution in [1.29, 1.82) is 0 Å². The zero-order valence-corrected chi connectivity index (χ0v) is 16.7. The highest BCUT2D eigenvalue weighted by molar-refractivity contribution is 7.99. The Balaban J connectivity index is 1.34. The average molecular weight is 412 g/mol. The van der Waals surface area contributed by atoms with Gasteiger partial charge in [-0.05, 0) is 55.7 Å². The summed E-state index contributed by atoms with van der Waals surface area (Å²) >= 11 is 1.21. The molecule has 1 aliphatic rings. The van der Waals surface area contributed by atoms with Crippen LogP contribution in [0.3, 0.4) is 0 Å². The number of thioether (sulfide) groups is 1. The van der Waals surface area contributed by atoms with Crippen molar-refractivity contribution in [1.82, 2.24) is 14.8 Å². The third kappa shape index (κ3) is 4.76. The Bertz CT molecular complexity index is 969. The van der Waals surface area contributed by atoms with Crippen LogP contribution in [0.5, 0.6) is 0 Å². The second-order valence-electron chi connectivity index (χ2n) is 6.87. The Kier molecular flexibility index (Phi) is 6.09. The van der Waals surface area contributed by atoms with E-state index in [-0.39, 0.29) is 17.5 Å². The Morgan fingerprint density at radius 3 is 2.59 bits per heavy atom. The SMILES string of the molecule is O=C(CSc1nncn1-c1ccccc1F)Nc1ccc(N2CCCCC2)cc1. The van der Waals surface area contributed by atoms with Gasteiger partial charge in [0.05, 0.1) is 11.4 Å². The van der Waals surface area contributed by atoms with Crippen LogP contribution >= 0.6 is 11.8 Å². The molecule has 29 heavy (non-hydrogen) atoms. The van der Waals surface area contributed by atoms with Gasteiger partial charge in [0, 0.05) is 24.5 Å². The molecule has 2 aromatic carbocycles. The van der Waals surface area contributed by atoms with E-state index in [1.165, 1.54) is 49.1 Å². The normalized spacial score (nSPS) is 14.0. The smallest absolute Gasteiger partial charge is 0.234 e. The summed E-state index contributed by atoms with van der Waals surface area (Å²) in [5.74, 6) is -0.364. The predicted octanol–water partition coefficient (Wildman–Crippen LogP) is 4.13. The summed E-state index contributed by atoms with van der Waals surface area (Å²) < 4.78 is 15.6. The number of carbonyl (C=O) groups excluding carboxylic acids is 1. The number of carbonyl (C=O) groups is 1. The molecule has 3 aromatic rings. The highest BCUT2D eigenvalue weighted by atomic mass is 32.2. The van der Waals surface area contributed by atoms with E-state index in [2.05, 4.69) is 20.4 Å². The lowest BCUT2D eigenvalue weighted by Gasteiger charge is -2.28. The quantitative estimate of drug-likeness (QED) is 0.618. The number of anilines is 2. The fourth-order valence-corrected chi connectivity index (χ4v) is 4.09. The first-order chi connectivity index (χ1) is 14.2. The minimum atomic E-state index is -0.368. The number of hydrogen-bond acceptors (Lipinski definition) is 5. The molecule has 1 fully saturated rings. The fraction of sp³-hybridized carbons (Fsp3) is 0.286. The summed E-state index contributed by atoms with van der Waals surface area (Å²) in [6, 6.07) is 14.3. The van der Waals surface area contributed by atoms with Crippen molar-refractivity contribution >= 4 is 29.0 Å². The standard InChI is InChI=1S/C21H22FN5OS/c22-18-6-2-3-7-19(18)27-15-23-25-21(27)29-14-20(28)24-16-8-10-17(11-9-16)26-12-4-1-5-13-26/h2-3,6-11,15H,1,4-5,12-14H2,(H,24,28). The van der Waals surface area contributed by atoms with Gasteiger partial charge in [-0.25, -0.2) is 4.39 Å². The number of aromatic nitrogens is 3. The molecule has 150 valence electrons. The van der Waals surface area contributed by atoms with Crippen LogP contribution in [0.2, 0.25) is 0 Å². The highest BCUT2D eigenvalue weighted by Gasteiger charge is 2.14. The first-order valence-electron chi connectivity index (χ1n) is 9.63. The molecule has 2 heterocycles. The minimum Gasteiger partial charge on any atom is -0.372 e. The van der Waals surface area contributed by atoms with Crippen molar-refractivity contribution in [2.45, 2.75) is 24.4 Å². The van der Waals surface area contributed by atoms with Crippen LogP contribution in [0.25, 0.3) is 5.69 Å². The summed E-state index contributed by atoms with van der Waals surface area (Å²) in [6.07, 6.45) is 5.20. The van der Waals surface area contributed by atoms with Crippen LogP contribution in [0.1, 0.15) is 19.3 Å². The molecular formula is C21H22FN5OS. The van der Waals surface area contributed by atoms with Crippen LogP contribution in [-0.2, 0) is 4.79 Å². The van der Waals surface area contributed by atoms with Gasteiger partial charge in [0.2, 0.25) is 5.91 Å². The minimum absolute atomic E-state index is 0.149. The molecule has 1 aliphatic heterocycles. The maximum absolute atomic E-state index is 14.0. The molecule has 0 aliphatic carbocycles. The summed E-state index contributed by atoms with van der Waals surface area (Å²) in [5.41, 5.74) is 2.30. The van der Waals surface area contributed by atoms with Crippen LogP contribution in [-0.4, -0.2) is 39.5 Å². The third-order valence-corrected chi connectivity index (χ3v) is 5.78. The van der Waals surface area contributed by atoms with E-state index in [9.17, 15) is 9.18 Å². The molecule has 4 rings (SSSR count). The largest absolute Gasteiger partial charge is 0.372 e. The number of para-hydroxylation sites is 1. The molecule has 1 aromatic heterocycles. The molecule has 0 atom stereocenters. The van der Waals surface area contributed by atoms with Crippen LogP contribution < -0.4 is 10.2 Å². The van der Waals surface area contributed by atoms with Gasteiger partial charge in [-0.1, -0.05) is 23.9 Å². The van der Waals surface area contributed by atoms with Gasteiger partial charge >= 0.3 is 0 Å². The number of rotatable bonds is 6. The molecule has 1 amide bonds. The van der Waals surface area contributed by atoms with Gasteiger partial charge in [-0.15, -0.1) is 10.2 Å². The van der Waals surface area contributed by atoms with Crippen LogP contribution in [0.15, 0.2) is 60.0 Å². The number of nitrogens with zero attached hydrogens (tertiary/aromatic N) is 4. The van der Waals surface area contributed by atoms with Crippen molar-refractivity contribution in [2.75, 3.05) is 29.1 Å². The van der Waals surface area contributed by atoms with Gasteiger partial charge in [0.25, 0.3) is 0 Å². The van der Waals surface area contributed by atoms with Crippen LogP contribution in [0.4, 0.5) is 15.8 Å². The number of amides is 1. The lowest BCUT2D eigenvalue weighted by molar-refractivity contribution is -0.113. The second-order valence-corrected chi connectivity index (χ2v) is 7.81. The van der Waals surface area contributed by atoms with E-state index in [0.717, 1.165) is 18.8 Å². The predicted molar refractivity (Wildman–Crippen MR) is 113 cm³/mol. The number of hydrogen-bond donors (Lipinski definition) is 1. The highest BCUT2D eigenvalue weighted by Crippen LogP contribution is 2.23. The molecule has 0 saturated carbocycles. The Labute approximate surface area is 173 Å². The second kappa shape index (κ2) is 9.09. The zero-order valence-electron chi connectivity index (χ0n) is 15.9. The maximum atomic E-state index is 14.0. The maximum Gasteiger partial charge on any atom is 0.234 e. The fourth-order valence-electron chi connectivity index (χ4n) is 3.37. The summed E-state index contributed by atoms with van der Waals surface area (Å²) in [7, 11) is 0. The Hall–Kier alpha value is -2.87. The third-order valence-electron chi connectivity index (χ3n) is 4.83. The van der Waals surface area contributed by atoms with Gasteiger partial charge in [0.15, 0.2) is 5.16 Å². The van der Waals surface area contributed by atoms with Gasteiger partial charge in [0.1, 0.15) is 12.1 Å². The first-order valence-corrected chi connectivity index (χ1v) is 10.6. The number of halogens is 1. The van der Waals surface area contributed by atoms with Crippen LogP contribution in [0, 0.1) is 5.82 Å². The van der Waals surface area contributed by atoms with E-state index in [4.69, 9.17) is 0 Å². The van der Waals surface area contributed by atoms with Gasteiger partial charge in [-0.2, -0.15) is 0 Å². The zero-order chi connectivity index (χ0) is 20.1. The Morgan fingerprint density at radius 2 is 1.83 bits per heavy atom. The molecule has 0 unspecified atom stereocenters. The van der Waals surface area contributed by atoms with Gasteiger partial charge in [-0.3, -0.25) is 9.36 Å². The van der Waals surface area contributed by atoms with E-state index in [0.29, 0.717) is 10.8 Å². The summed E-state index contributed by atoms with van der Waals surface area (Å²) in [5, 5.41) is 11.2. The van der Waals surface area contributed by atoms with E-state index in [1.807, 2.05) is 24.3 Å². The van der Waals surface area contributed by atoms with E-state index >= 15 is 0 Å². The average Bonchev–Trinajstić information content (AvgIpc) is 3.22. The molecule has 1 N–H and O–H groups in total. The number of piperidine rings is 1. The monoisotopic (exact) mass is 411 g/mol. The topological polar surface area (TPSA) is 63.1 Å². The number of nitrogens with one attached hydrogen (secondary N) is 1. The van der Waals surface area contributed by atoms with E-state index in [1.54, 1.807) is 22.8 Å². The molecule has 0 bridgehead atoms. The van der Waals surface area contributed by atoms with Crippen molar-refractivity contribution in [3.8, 4) is 5.69 Å². The lowest BCUT2D eigenvalue weighted by Crippen LogP contribution is -2.29. The molecule has 8 heteroatoms. The summed E-state index contributed by atoms with van der Waals surface area (Å²) in [4.78, 5) is 14.7. The molecule has 6 nitrogen and oxygen atoms in total. The first kappa shape index (κ1) is 19.4. The van der Waals surface area contributed by atoms with Crippen molar-refractivity contribution in [3.05, 3.63) is 60.7 Å². The number of benzene rings is 2. The van der Waals surface area contributed by atoms with Crippen molar-refractivity contribution in [2.24, 2.45) is 0 Å². The molecule has 0 radical (unpaired) electrons. The Morgan fingerprint density at radius 1 is 1.07 bits per heavy atom. The lowest BCUT2D eigenvalue weighted by atomic mass is 10.1. The van der Waals surface area contributed by atoms with Crippen molar-refractivity contribution in [3.63, 3.8) is 0 Å². The molecule has 0 spiro atoms.